The second kappa shape index (κ2) is 14.2. The Kier molecular flexibility index (Phi) is 13.6. The molecule has 1 aliphatic rings. The zero-order chi connectivity index (χ0) is 16.3. The molecular formula is C17H29Cl2N3O3. The standard InChI is InChI=1S/C17H27N3O3.2ClH/c18-7-3-6-17(21)19-14-15-4-1-2-5-16(15)23-13-10-20-8-11-22-12-9-20;;/h1-2,4-5H,3,6-14,18H2,(H,19,21);2*1H. The third-order valence-corrected chi connectivity index (χ3v) is 3.83. The molecule has 1 saturated heterocycles. The molecule has 1 aromatic rings. The van der Waals surface area contributed by atoms with Gasteiger partial charge in [-0.3, -0.25) is 9.69 Å². The molecule has 1 fully saturated rings. The molecule has 0 saturated carbocycles. The molecule has 0 spiro atoms. The molecule has 0 aliphatic carbocycles. The molecule has 0 bridgehead atoms. The van der Waals surface area contributed by atoms with E-state index < -0.39 is 0 Å². The average molecular weight is 394 g/mol. The van der Waals surface area contributed by atoms with Crippen LogP contribution in [-0.4, -0.2) is 56.8 Å². The smallest absolute Gasteiger partial charge is 0.220 e. The highest BCUT2D eigenvalue weighted by molar-refractivity contribution is 5.85. The third kappa shape index (κ3) is 9.28. The fourth-order valence-electron chi connectivity index (χ4n) is 2.44. The largest absolute Gasteiger partial charge is 0.492 e. The fourth-order valence-corrected chi connectivity index (χ4v) is 2.44. The summed E-state index contributed by atoms with van der Waals surface area (Å²) in [7, 11) is 0. The first-order valence-electron chi connectivity index (χ1n) is 8.27. The lowest BCUT2D eigenvalue weighted by molar-refractivity contribution is -0.121. The van der Waals surface area contributed by atoms with Gasteiger partial charge in [-0.05, 0) is 19.0 Å². The minimum Gasteiger partial charge on any atom is -0.492 e. The second-order valence-electron chi connectivity index (χ2n) is 5.58. The summed E-state index contributed by atoms with van der Waals surface area (Å²) in [5.41, 5.74) is 6.41. The molecule has 25 heavy (non-hydrogen) atoms. The Morgan fingerprint density at radius 1 is 1.24 bits per heavy atom. The number of carbonyl (C=O) groups is 1. The predicted octanol–water partition coefficient (Wildman–Crippen LogP) is 1.60. The van der Waals surface area contributed by atoms with Crippen LogP contribution in [0.4, 0.5) is 0 Å². The fraction of sp³-hybridized carbons (Fsp3) is 0.588. The molecule has 2 rings (SSSR count). The van der Waals surface area contributed by atoms with Gasteiger partial charge < -0.3 is 20.5 Å². The SMILES string of the molecule is Cl.Cl.NCCCC(=O)NCc1ccccc1OCCN1CCOCC1. The van der Waals surface area contributed by atoms with Gasteiger partial charge in [0.2, 0.25) is 5.91 Å². The molecule has 0 unspecified atom stereocenters. The maximum Gasteiger partial charge on any atom is 0.220 e. The van der Waals surface area contributed by atoms with E-state index in [1.54, 1.807) is 0 Å². The van der Waals surface area contributed by atoms with Gasteiger partial charge in [0.15, 0.2) is 0 Å². The zero-order valence-corrected chi connectivity index (χ0v) is 16.1. The van der Waals surface area contributed by atoms with Gasteiger partial charge in [-0.2, -0.15) is 0 Å². The van der Waals surface area contributed by atoms with Crippen molar-refractivity contribution in [2.24, 2.45) is 5.73 Å². The molecule has 1 aromatic carbocycles. The van der Waals surface area contributed by atoms with Gasteiger partial charge in [0.25, 0.3) is 0 Å². The van der Waals surface area contributed by atoms with Crippen LogP contribution in [0.5, 0.6) is 5.75 Å². The summed E-state index contributed by atoms with van der Waals surface area (Å²) in [5.74, 6) is 0.860. The Morgan fingerprint density at radius 2 is 1.96 bits per heavy atom. The number of morpholine rings is 1. The van der Waals surface area contributed by atoms with Crippen LogP contribution in [0, 0.1) is 0 Å². The van der Waals surface area contributed by atoms with E-state index in [0.29, 0.717) is 32.5 Å². The van der Waals surface area contributed by atoms with Gasteiger partial charge >= 0.3 is 0 Å². The van der Waals surface area contributed by atoms with Crippen molar-refractivity contribution in [1.29, 1.82) is 0 Å². The van der Waals surface area contributed by atoms with Crippen LogP contribution in [0.25, 0.3) is 0 Å². The van der Waals surface area contributed by atoms with Gasteiger partial charge in [-0.25, -0.2) is 0 Å². The number of carbonyl (C=O) groups excluding carboxylic acids is 1. The molecule has 1 aliphatic heterocycles. The van der Waals surface area contributed by atoms with E-state index in [9.17, 15) is 4.79 Å². The summed E-state index contributed by atoms with van der Waals surface area (Å²) in [4.78, 5) is 14.0. The number of benzene rings is 1. The average Bonchev–Trinajstić information content (AvgIpc) is 2.60. The normalized spacial score (nSPS) is 14.1. The molecule has 6 nitrogen and oxygen atoms in total. The van der Waals surface area contributed by atoms with E-state index in [1.165, 1.54) is 0 Å². The Morgan fingerprint density at radius 3 is 2.68 bits per heavy atom. The van der Waals surface area contributed by atoms with Crippen LogP contribution in [0.1, 0.15) is 18.4 Å². The van der Waals surface area contributed by atoms with Crippen molar-refractivity contribution in [3.05, 3.63) is 29.8 Å². The van der Waals surface area contributed by atoms with Gasteiger partial charge in [-0.1, -0.05) is 18.2 Å². The van der Waals surface area contributed by atoms with E-state index in [1.807, 2.05) is 24.3 Å². The zero-order valence-electron chi connectivity index (χ0n) is 14.4. The number of ether oxygens (including phenoxy) is 2. The van der Waals surface area contributed by atoms with Crippen LogP contribution >= 0.6 is 24.8 Å². The van der Waals surface area contributed by atoms with Crippen LogP contribution < -0.4 is 15.8 Å². The van der Waals surface area contributed by atoms with Crippen molar-refractivity contribution in [1.82, 2.24) is 10.2 Å². The number of nitrogens with two attached hydrogens (primary N) is 1. The van der Waals surface area contributed by atoms with Crippen molar-refractivity contribution >= 4 is 30.7 Å². The van der Waals surface area contributed by atoms with E-state index in [4.69, 9.17) is 15.2 Å². The van der Waals surface area contributed by atoms with Crippen molar-refractivity contribution in [3.63, 3.8) is 0 Å². The number of rotatable bonds is 9. The lowest BCUT2D eigenvalue weighted by Crippen LogP contribution is -2.38. The molecule has 0 atom stereocenters. The lowest BCUT2D eigenvalue weighted by atomic mass is 10.2. The van der Waals surface area contributed by atoms with Gasteiger partial charge in [0.05, 0.1) is 13.2 Å². The number of nitrogens with one attached hydrogen (secondary N) is 1. The molecule has 0 aromatic heterocycles. The Bertz CT molecular complexity index is 486. The van der Waals surface area contributed by atoms with Crippen LogP contribution in [0.2, 0.25) is 0 Å². The lowest BCUT2D eigenvalue weighted by Gasteiger charge is -2.26. The number of amides is 1. The number of para-hydroxylation sites is 1. The molecule has 144 valence electrons. The molecule has 0 radical (unpaired) electrons. The number of nitrogens with zero attached hydrogens (tertiary/aromatic N) is 1. The summed E-state index contributed by atoms with van der Waals surface area (Å²) in [6, 6.07) is 7.83. The predicted molar refractivity (Wildman–Crippen MR) is 104 cm³/mol. The highest BCUT2D eigenvalue weighted by Gasteiger charge is 2.11. The quantitative estimate of drug-likeness (QED) is 0.666. The Labute approximate surface area is 162 Å². The highest BCUT2D eigenvalue weighted by Crippen LogP contribution is 2.17. The Balaban J connectivity index is 0.00000288. The minimum atomic E-state index is 0. The van der Waals surface area contributed by atoms with Crippen molar-refractivity contribution < 1.29 is 14.3 Å². The van der Waals surface area contributed by atoms with Gasteiger partial charge in [0, 0.05) is 38.2 Å². The first-order chi connectivity index (χ1) is 11.3. The monoisotopic (exact) mass is 393 g/mol. The second-order valence-corrected chi connectivity index (χ2v) is 5.58. The highest BCUT2D eigenvalue weighted by atomic mass is 35.5. The van der Waals surface area contributed by atoms with Crippen molar-refractivity contribution in [3.8, 4) is 5.75 Å². The maximum absolute atomic E-state index is 11.7. The molecule has 1 heterocycles. The van der Waals surface area contributed by atoms with Crippen molar-refractivity contribution in [2.45, 2.75) is 19.4 Å². The third-order valence-electron chi connectivity index (χ3n) is 3.83. The van der Waals surface area contributed by atoms with E-state index >= 15 is 0 Å². The molecule has 3 N–H and O–H groups in total. The van der Waals surface area contributed by atoms with Gasteiger partial charge in [0.1, 0.15) is 12.4 Å². The summed E-state index contributed by atoms with van der Waals surface area (Å²) >= 11 is 0. The summed E-state index contributed by atoms with van der Waals surface area (Å²) in [5, 5.41) is 2.91. The number of halogens is 2. The summed E-state index contributed by atoms with van der Waals surface area (Å²) in [6.45, 7) is 6.06. The molecular weight excluding hydrogens is 365 g/mol. The Hall–Kier alpha value is -1.05. The topological polar surface area (TPSA) is 76.8 Å². The maximum atomic E-state index is 11.7. The minimum absolute atomic E-state index is 0. The van der Waals surface area contributed by atoms with E-state index in [-0.39, 0.29) is 30.7 Å². The van der Waals surface area contributed by atoms with E-state index in [0.717, 1.165) is 44.2 Å². The first kappa shape index (κ1) is 23.9. The number of hydrogen-bond donors (Lipinski definition) is 2. The molecule has 1 amide bonds. The van der Waals surface area contributed by atoms with Crippen LogP contribution in [0.3, 0.4) is 0 Å². The summed E-state index contributed by atoms with van der Waals surface area (Å²) in [6.07, 6.45) is 1.18. The number of hydrogen-bond acceptors (Lipinski definition) is 5. The first-order valence-corrected chi connectivity index (χ1v) is 8.27. The van der Waals surface area contributed by atoms with Crippen LogP contribution in [0.15, 0.2) is 24.3 Å². The van der Waals surface area contributed by atoms with Crippen molar-refractivity contribution in [2.75, 3.05) is 46.0 Å². The summed E-state index contributed by atoms with van der Waals surface area (Å²) < 4.78 is 11.2. The van der Waals surface area contributed by atoms with E-state index in [2.05, 4.69) is 10.2 Å². The van der Waals surface area contributed by atoms with Crippen LogP contribution in [-0.2, 0) is 16.1 Å². The van der Waals surface area contributed by atoms with Gasteiger partial charge in [-0.15, -0.1) is 24.8 Å². The molecule has 8 heteroatoms.